The second kappa shape index (κ2) is 7.03. The van der Waals surface area contributed by atoms with Gasteiger partial charge in [0.05, 0.1) is 23.4 Å². The number of hydrogen-bond donors (Lipinski definition) is 0. The second-order valence-electron chi connectivity index (χ2n) is 5.41. The lowest BCUT2D eigenvalue weighted by Gasteiger charge is -2.24. The number of benzene rings is 1. The largest absolute Gasteiger partial charge is 0.380 e. The van der Waals surface area contributed by atoms with E-state index >= 15 is 0 Å². The number of methoxy groups -OCH3 is 1. The van der Waals surface area contributed by atoms with Crippen LogP contribution in [0.1, 0.15) is 44.5 Å². The fourth-order valence-corrected chi connectivity index (χ4v) is 3.47. The summed E-state index contributed by atoms with van der Waals surface area (Å²) >= 11 is 1.65. The Kier molecular flexibility index (Phi) is 5.32. The lowest BCUT2D eigenvalue weighted by molar-refractivity contribution is 0.0744. The second-order valence-corrected chi connectivity index (χ2v) is 6.64. The summed E-state index contributed by atoms with van der Waals surface area (Å²) in [5.41, 5.74) is 2.68. The third-order valence-corrected chi connectivity index (χ3v) is 4.95. The Balaban J connectivity index is 2.21. The first-order chi connectivity index (χ1) is 10.4. The molecule has 0 unspecified atom stereocenters. The number of hydrogen-bond acceptors (Lipinski definition) is 4. The summed E-state index contributed by atoms with van der Waals surface area (Å²) in [5.74, 6) is 0.0101. The van der Waals surface area contributed by atoms with Crippen LogP contribution < -0.4 is 0 Å². The lowest BCUT2D eigenvalue weighted by Crippen LogP contribution is -2.29. The first kappa shape index (κ1) is 16.6. The molecular weight excluding hydrogens is 296 g/mol. The molecule has 0 bridgehead atoms. The minimum atomic E-state index is 0.00443. The van der Waals surface area contributed by atoms with Crippen LogP contribution in [0.25, 0.3) is 0 Å². The molecule has 1 aromatic carbocycles. The van der Waals surface area contributed by atoms with Crippen molar-refractivity contribution in [3.8, 4) is 0 Å². The molecule has 4 nitrogen and oxygen atoms in total. The molecule has 2 aromatic rings. The van der Waals surface area contributed by atoms with Gasteiger partial charge in [-0.05, 0) is 38.5 Å². The monoisotopic (exact) mass is 318 g/mol. The number of amides is 1. The van der Waals surface area contributed by atoms with Crippen LogP contribution in [0.15, 0.2) is 24.3 Å². The molecule has 0 aliphatic rings. The van der Waals surface area contributed by atoms with E-state index in [1.807, 2.05) is 52.1 Å². The molecule has 2 rings (SSSR count). The summed E-state index contributed by atoms with van der Waals surface area (Å²) in [5, 5.41) is 1.03. The van der Waals surface area contributed by atoms with E-state index < -0.39 is 0 Å². The van der Waals surface area contributed by atoms with Crippen molar-refractivity contribution < 1.29 is 9.53 Å². The zero-order valence-corrected chi connectivity index (χ0v) is 14.5. The summed E-state index contributed by atoms with van der Waals surface area (Å²) in [6.45, 7) is 6.53. The molecule has 0 saturated heterocycles. The van der Waals surface area contributed by atoms with Crippen LogP contribution in [0, 0.1) is 13.8 Å². The summed E-state index contributed by atoms with van der Waals surface area (Å²) < 4.78 is 5.13. The Hall–Kier alpha value is -1.72. The highest BCUT2D eigenvalue weighted by atomic mass is 32.1. The Morgan fingerprint density at radius 3 is 2.73 bits per heavy atom. The van der Waals surface area contributed by atoms with Crippen molar-refractivity contribution in [2.45, 2.75) is 33.4 Å². The van der Waals surface area contributed by atoms with Crippen molar-refractivity contribution in [3.63, 3.8) is 0 Å². The summed E-state index contributed by atoms with van der Waals surface area (Å²) in [7, 11) is 3.49. The molecule has 1 heterocycles. The van der Waals surface area contributed by atoms with Crippen LogP contribution >= 0.6 is 11.3 Å². The molecule has 0 fully saturated rings. The SMILES string of the molecule is COCc1cccc(C(=O)N(C)[C@@H](C)c2sc(C)nc2C)c1. The van der Waals surface area contributed by atoms with Crippen molar-refractivity contribution in [1.82, 2.24) is 9.88 Å². The van der Waals surface area contributed by atoms with E-state index in [9.17, 15) is 4.79 Å². The molecule has 0 aliphatic carbocycles. The van der Waals surface area contributed by atoms with Gasteiger partial charge in [0.1, 0.15) is 0 Å². The van der Waals surface area contributed by atoms with Gasteiger partial charge in [0.25, 0.3) is 5.91 Å². The molecule has 1 atom stereocenters. The fraction of sp³-hybridized carbons (Fsp3) is 0.412. The van der Waals surface area contributed by atoms with Gasteiger partial charge >= 0.3 is 0 Å². The number of nitrogens with zero attached hydrogens (tertiary/aromatic N) is 2. The van der Waals surface area contributed by atoms with E-state index in [2.05, 4.69) is 4.98 Å². The van der Waals surface area contributed by atoms with Gasteiger partial charge in [-0.25, -0.2) is 4.98 Å². The number of rotatable bonds is 5. The van der Waals surface area contributed by atoms with Gasteiger partial charge in [-0.3, -0.25) is 4.79 Å². The lowest BCUT2D eigenvalue weighted by atomic mass is 10.1. The molecule has 0 aliphatic heterocycles. The molecule has 1 aromatic heterocycles. The van der Waals surface area contributed by atoms with Gasteiger partial charge in [0.2, 0.25) is 0 Å². The topological polar surface area (TPSA) is 42.4 Å². The van der Waals surface area contributed by atoms with Crippen LogP contribution in [0.2, 0.25) is 0 Å². The van der Waals surface area contributed by atoms with Gasteiger partial charge in [-0.2, -0.15) is 0 Å². The summed E-state index contributed by atoms with van der Waals surface area (Å²) in [6, 6.07) is 7.59. The maximum absolute atomic E-state index is 12.7. The van der Waals surface area contributed by atoms with Gasteiger partial charge in [0, 0.05) is 24.6 Å². The van der Waals surface area contributed by atoms with Crippen molar-refractivity contribution in [3.05, 3.63) is 51.0 Å². The van der Waals surface area contributed by atoms with Crippen molar-refractivity contribution in [2.75, 3.05) is 14.2 Å². The molecule has 0 saturated carbocycles. The average molecular weight is 318 g/mol. The normalized spacial score (nSPS) is 12.2. The first-order valence-electron chi connectivity index (χ1n) is 7.23. The third kappa shape index (κ3) is 3.54. The van der Waals surface area contributed by atoms with E-state index in [4.69, 9.17) is 4.74 Å². The number of aromatic nitrogens is 1. The summed E-state index contributed by atoms with van der Waals surface area (Å²) in [4.78, 5) is 20.1. The Bertz CT molecular complexity index is 666. The van der Waals surface area contributed by atoms with Crippen LogP contribution in [-0.4, -0.2) is 29.9 Å². The van der Waals surface area contributed by atoms with Crippen molar-refractivity contribution in [2.24, 2.45) is 0 Å². The van der Waals surface area contributed by atoms with E-state index in [0.29, 0.717) is 12.2 Å². The third-order valence-electron chi connectivity index (χ3n) is 3.71. The molecule has 1 amide bonds. The Morgan fingerprint density at radius 1 is 1.41 bits per heavy atom. The predicted octanol–water partition coefficient (Wildman–Crippen LogP) is 3.74. The molecule has 0 radical (unpaired) electrons. The maximum Gasteiger partial charge on any atom is 0.254 e. The standard InChI is InChI=1S/C17H22N2O2S/c1-11-16(22-13(3)18-11)12(2)19(4)17(20)15-8-6-7-14(9-15)10-21-5/h6-9,12H,10H2,1-5H3/t12-/m0/s1. The van der Waals surface area contributed by atoms with Crippen LogP contribution in [0.5, 0.6) is 0 Å². The minimum absolute atomic E-state index is 0.00443. The highest BCUT2D eigenvalue weighted by Crippen LogP contribution is 2.29. The highest BCUT2D eigenvalue weighted by molar-refractivity contribution is 7.11. The number of aryl methyl sites for hydroxylation is 2. The number of thiazole rings is 1. The van der Waals surface area contributed by atoms with E-state index in [-0.39, 0.29) is 11.9 Å². The number of carbonyl (C=O) groups is 1. The van der Waals surface area contributed by atoms with Gasteiger partial charge in [-0.15, -0.1) is 11.3 Å². The number of carbonyl (C=O) groups excluding carboxylic acids is 1. The van der Waals surface area contributed by atoms with Crippen LogP contribution in [0.4, 0.5) is 0 Å². The van der Waals surface area contributed by atoms with Crippen LogP contribution in [-0.2, 0) is 11.3 Å². The van der Waals surface area contributed by atoms with Gasteiger partial charge in [0.15, 0.2) is 0 Å². The zero-order chi connectivity index (χ0) is 16.3. The van der Waals surface area contributed by atoms with E-state index in [0.717, 1.165) is 21.1 Å². The molecule has 5 heteroatoms. The van der Waals surface area contributed by atoms with E-state index in [1.54, 1.807) is 23.3 Å². The Morgan fingerprint density at radius 2 is 2.14 bits per heavy atom. The quantitative estimate of drug-likeness (QED) is 0.843. The van der Waals surface area contributed by atoms with E-state index in [1.165, 1.54) is 0 Å². The predicted molar refractivity (Wildman–Crippen MR) is 89.3 cm³/mol. The fourth-order valence-electron chi connectivity index (χ4n) is 2.45. The molecule has 0 spiro atoms. The van der Waals surface area contributed by atoms with Gasteiger partial charge in [-0.1, -0.05) is 12.1 Å². The van der Waals surface area contributed by atoms with Crippen molar-refractivity contribution in [1.29, 1.82) is 0 Å². The zero-order valence-electron chi connectivity index (χ0n) is 13.7. The highest BCUT2D eigenvalue weighted by Gasteiger charge is 2.22. The van der Waals surface area contributed by atoms with Crippen molar-refractivity contribution >= 4 is 17.2 Å². The molecule has 118 valence electrons. The first-order valence-corrected chi connectivity index (χ1v) is 8.04. The molecular formula is C17H22N2O2S. The summed E-state index contributed by atoms with van der Waals surface area (Å²) in [6.07, 6.45) is 0. The minimum Gasteiger partial charge on any atom is -0.380 e. The van der Waals surface area contributed by atoms with Crippen LogP contribution in [0.3, 0.4) is 0 Å². The smallest absolute Gasteiger partial charge is 0.254 e. The number of ether oxygens (including phenoxy) is 1. The van der Waals surface area contributed by atoms with Gasteiger partial charge < -0.3 is 9.64 Å². The Labute approximate surface area is 135 Å². The maximum atomic E-state index is 12.7. The molecule has 22 heavy (non-hydrogen) atoms. The molecule has 0 N–H and O–H groups in total. The average Bonchev–Trinajstić information content (AvgIpc) is 2.84.